The standard InChI is InChI=1S/C54H53F2N11O10S2/c1-30-46(78-29-61-30)32-12-10-31(11-13-32)23-59-49(71)41-22-36(68)27-67(41)53(72)47(54(2,3)4)62-45(69)28-76-19-18-57-48(70)37-8-6-7-9-38(37)50-63-64-52(77-50)42-25-58-44-17-14-33(26-66(42)44)34-20-40(51(75-5)60-24-34)65-79(73,74)43-16-15-35(55)21-39(43)56/h6-17,20-21,24-26,29,36,41,47,65,68H,18-19,22-23,27-28H2,1-5H3,(H,57,70)(H,59,71)(H,62,69)/t36-,41+,47+/m0/s1. The van der Waals surface area contributed by atoms with Gasteiger partial charge in [-0.15, -0.1) is 21.5 Å². The molecule has 79 heavy (non-hydrogen) atoms. The number of hydrogen-bond donors (Lipinski definition) is 5. The molecule has 1 aliphatic rings. The van der Waals surface area contributed by atoms with E-state index in [0.717, 1.165) is 33.8 Å². The van der Waals surface area contributed by atoms with E-state index in [0.29, 0.717) is 34.1 Å². The van der Waals surface area contributed by atoms with Crippen LogP contribution >= 0.6 is 11.3 Å². The third kappa shape index (κ3) is 12.4. The number of nitrogens with one attached hydrogen (secondary N) is 4. The van der Waals surface area contributed by atoms with Crippen molar-refractivity contribution in [2.45, 2.75) is 63.7 Å². The Balaban J connectivity index is 0.792. The molecule has 9 rings (SSSR count). The monoisotopic (exact) mass is 1120 g/mol. The zero-order valence-corrected chi connectivity index (χ0v) is 44.8. The summed E-state index contributed by atoms with van der Waals surface area (Å²) in [7, 11) is -3.27. The second kappa shape index (κ2) is 23.2. The lowest BCUT2D eigenvalue weighted by Gasteiger charge is -2.35. The zero-order valence-electron chi connectivity index (χ0n) is 43.2. The average Bonchev–Trinajstić information content (AvgIpc) is 4.39. The smallest absolute Gasteiger partial charge is 0.266 e. The van der Waals surface area contributed by atoms with Gasteiger partial charge in [0.25, 0.3) is 21.8 Å². The molecule has 3 atom stereocenters. The Labute approximate surface area is 455 Å². The van der Waals surface area contributed by atoms with Crippen molar-refractivity contribution in [1.82, 2.24) is 50.4 Å². The average molecular weight is 1120 g/mol. The summed E-state index contributed by atoms with van der Waals surface area (Å²) in [4.78, 5) is 69.0. The van der Waals surface area contributed by atoms with E-state index in [4.69, 9.17) is 13.9 Å². The van der Waals surface area contributed by atoms with E-state index in [1.807, 2.05) is 31.2 Å². The lowest BCUT2D eigenvalue weighted by atomic mass is 9.85. The molecule has 6 heterocycles. The van der Waals surface area contributed by atoms with Crippen LogP contribution in [-0.2, 0) is 35.7 Å². The van der Waals surface area contributed by atoms with Crippen LogP contribution in [0, 0.1) is 24.0 Å². The van der Waals surface area contributed by atoms with Crippen molar-refractivity contribution in [3.8, 4) is 50.5 Å². The maximum absolute atomic E-state index is 14.5. The SMILES string of the molecule is COc1ncc(-c2ccc3ncc(-c4nnc(-c5ccccc5C(=O)NCCOCC(=O)N[C@H](C(=O)N5C[C@@H](O)C[C@@H]5C(=O)NCc5ccc(-c6scnc6C)cc5)C(C)(C)C)o4)n3c2)cc1NS(=O)(=O)c1ccc(F)cc1F. The van der Waals surface area contributed by atoms with Crippen LogP contribution in [0.25, 0.3) is 50.3 Å². The van der Waals surface area contributed by atoms with Crippen molar-refractivity contribution < 1.29 is 55.4 Å². The number of likely N-dealkylation sites (tertiary alicyclic amines) is 1. The number of aliphatic hydroxyl groups excluding tert-OH is 1. The first-order valence-corrected chi connectivity index (χ1v) is 27.0. The van der Waals surface area contributed by atoms with E-state index < -0.39 is 80.4 Å². The van der Waals surface area contributed by atoms with Crippen LogP contribution < -0.4 is 25.4 Å². The normalized spacial score (nSPS) is 15.0. The fraction of sp³-hybridized carbons (Fsp3) is 0.278. The first-order valence-electron chi connectivity index (χ1n) is 24.6. The lowest BCUT2D eigenvalue weighted by molar-refractivity contribution is -0.144. The van der Waals surface area contributed by atoms with E-state index in [9.17, 15) is 41.5 Å². The summed E-state index contributed by atoms with van der Waals surface area (Å²) < 4.78 is 75.3. The number of hydrogen-bond acceptors (Lipinski definition) is 16. The molecule has 5 aromatic heterocycles. The molecule has 5 N–H and O–H groups in total. The minimum Gasteiger partial charge on any atom is -0.480 e. The number of β-amino-alcohol motifs (C(OH)–C–C–N with tert-alkyl or cyclic N) is 1. The van der Waals surface area contributed by atoms with Gasteiger partial charge in [0.05, 0.1) is 53.2 Å². The number of benzene rings is 3. The van der Waals surface area contributed by atoms with E-state index in [1.54, 1.807) is 84.6 Å². The van der Waals surface area contributed by atoms with Crippen molar-refractivity contribution in [1.29, 1.82) is 0 Å². The number of pyridine rings is 2. The summed E-state index contributed by atoms with van der Waals surface area (Å²) in [6, 6.07) is 19.2. The van der Waals surface area contributed by atoms with Gasteiger partial charge in [-0.2, -0.15) is 0 Å². The number of anilines is 1. The zero-order chi connectivity index (χ0) is 56.2. The fourth-order valence-corrected chi connectivity index (χ4v) is 10.8. The molecule has 1 fully saturated rings. The molecule has 21 nitrogen and oxygen atoms in total. The van der Waals surface area contributed by atoms with Crippen molar-refractivity contribution in [2.75, 3.05) is 38.1 Å². The van der Waals surface area contributed by atoms with Crippen LogP contribution in [0.5, 0.6) is 5.88 Å². The number of sulfonamides is 1. The van der Waals surface area contributed by atoms with Crippen LogP contribution in [0.4, 0.5) is 14.5 Å². The third-order valence-electron chi connectivity index (χ3n) is 12.8. The molecule has 0 saturated carbocycles. The number of amides is 4. The molecule has 4 amide bonds. The van der Waals surface area contributed by atoms with Crippen LogP contribution in [0.3, 0.4) is 0 Å². The number of aryl methyl sites for hydroxylation is 1. The summed E-state index contributed by atoms with van der Waals surface area (Å²) in [5, 5.41) is 27.5. The van der Waals surface area contributed by atoms with Gasteiger partial charge in [0.15, 0.2) is 0 Å². The molecular formula is C54H53F2N11O10S2. The number of aromatic nitrogens is 6. The highest BCUT2D eigenvalue weighted by Crippen LogP contribution is 2.34. The molecule has 1 saturated heterocycles. The molecule has 0 spiro atoms. The highest BCUT2D eigenvalue weighted by Gasteiger charge is 2.44. The second-order valence-corrected chi connectivity index (χ2v) is 22.0. The van der Waals surface area contributed by atoms with Gasteiger partial charge in [-0.05, 0) is 65.9 Å². The summed E-state index contributed by atoms with van der Waals surface area (Å²) in [5.41, 5.74) is 5.96. The van der Waals surface area contributed by atoms with Crippen LogP contribution in [0.2, 0.25) is 0 Å². The van der Waals surface area contributed by atoms with Gasteiger partial charge in [0, 0.05) is 55.6 Å². The predicted octanol–water partition coefficient (Wildman–Crippen LogP) is 6.19. The highest BCUT2D eigenvalue weighted by atomic mass is 32.2. The van der Waals surface area contributed by atoms with Gasteiger partial charge in [-0.1, -0.05) is 57.2 Å². The number of halogens is 2. The van der Waals surface area contributed by atoms with E-state index in [1.165, 1.54) is 30.5 Å². The summed E-state index contributed by atoms with van der Waals surface area (Å²) in [6.45, 7) is 6.85. The number of ether oxygens (including phenoxy) is 2. The topological polar surface area (TPSA) is 274 Å². The summed E-state index contributed by atoms with van der Waals surface area (Å²) >= 11 is 1.55. The number of aliphatic hydroxyl groups is 1. The molecular weight excluding hydrogens is 1060 g/mol. The number of methoxy groups -OCH3 is 1. The minimum absolute atomic E-state index is 0.0103. The molecule has 25 heteroatoms. The van der Waals surface area contributed by atoms with E-state index in [-0.39, 0.29) is 61.6 Å². The Morgan fingerprint density at radius 2 is 1.67 bits per heavy atom. The molecule has 1 aliphatic heterocycles. The first kappa shape index (κ1) is 55.2. The maximum Gasteiger partial charge on any atom is 0.266 e. The Morgan fingerprint density at radius 3 is 2.41 bits per heavy atom. The fourth-order valence-electron chi connectivity index (χ4n) is 8.83. The number of carbonyl (C=O) groups is 4. The Bertz CT molecular complexity index is 3700. The molecule has 0 unspecified atom stereocenters. The van der Waals surface area contributed by atoms with E-state index >= 15 is 0 Å². The van der Waals surface area contributed by atoms with Gasteiger partial charge in [-0.3, -0.25) is 28.3 Å². The predicted molar refractivity (Wildman–Crippen MR) is 286 cm³/mol. The van der Waals surface area contributed by atoms with Gasteiger partial charge in [0.2, 0.25) is 29.5 Å². The van der Waals surface area contributed by atoms with Crippen molar-refractivity contribution >= 4 is 56.3 Å². The van der Waals surface area contributed by atoms with Gasteiger partial charge in [-0.25, -0.2) is 32.2 Å². The van der Waals surface area contributed by atoms with Gasteiger partial charge < -0.3 is 39.8 Å². The molecule has 410 valence electrons. The van der Waals surface area contributed by atoms with Crippen molar-refractivity contribution in [2.24, 2.45) is 5.41 Å². The van der Waals surface area contributed by atoms with Crippen LogP contribution in [-0.4, -0.2) is 123 Å². The number of imidazole rings is 1. The van der Waals surface area contributed by atoms with Crippen molar-refractivity contribution in [3.63, 3.8) is 0 Å². The molecule has 3 aromatic carbocycles. The number of nitrogens with zero attached hydrogens (tertiary/aromatic N) is 7. The van der Waals surface area contributed by atoms with Gasteiger partial charge in [0.1, 0.15) is 52.2 Å². The number of rotatable bonds is 19. The van der Waals surface area contributed by atoms with Crippen molar-refractivity contribution in [3.05, 3.63) is 137 Å². The number of fused-ring (bicyclic) bond motifs is 1. The first-order chi connectivity index (χ1) is 37.8. The molecule has 0 aliphatic carbocycles. The highest BCUT2D eigenvalue weighted by molar-refractivity contribution is 7.92. The molecule has 0 bridgehead atoms. The summed E-state index contributed by atoms with van der Waals surface area (Å²) in [6.07, 6.45) is 3.71. The van der Waals surface area contributed by atoms with Crippen LogP contribution in [0.1, 0.15) is 48.8 Å². The number of carbonyl (C=O) groups excluding carboxylic acids is 4. The summed E-state index contributed by atoms with van der Waals surface area (Å²) in [5.74, 6) is -4.35. The Kier molecular flexibility index (Phi) is 16.2. The lowest BCUT2D eigenvalue weighted by Crippen LogP contribution is -2.58. The van der Waals surface area contributed by atoms with E-state index in [2.05, 4.69) is 45.8 Å². The Hall–Kier alpha value is -8.52. The van der Waals surface area contributed by atoms with Gasteiger partial charge >= 0.3 is 0 Å². The second-order valence-electron chi connectivity index (χ2n) is 19.5. The molecule has 0 radical (unpaired) electrons. The molecule has 8 aromatic rings. The quantitative estimate of drug-likeness (QED) is 0.0565. The van der Waals surface area contributed by atoms with Crippen LogP contribution in [0.15, 0.2) is 118 Å². The number of thiazole rings is 1. The minimum atomic E-state index is -4.55. The largest absolute Gasteiger partial charge is 0.480 e. The maximum atomic E-state index is 14.5. The Morgan fingerprint density at radius 1 is 0.911 bits per heavy atom. The third-order valence-corrected chi connectivity index (χ3v) is 15.2.